The van der Waals surface area contributed by atoms with Gasteiger partial charge >= 0.3 is 0 Å². The fourth-order valence-corrected chi connectivity index (χ4v) is 3.60. The van der Waals surface area contributed by atoms with Gasteiger partial charge in [-0.15, -0.1) is 12.4 Å². The molecule has 0 atom stereocenters. The monoisotopic (exact) mass is 504 g/mol. The van der Waals surface area contributed by atoms with Crippen molar-refractivity contribution >= 4 is 39.9 Å². The lowest BCUT2D eigenvalue weighted by Crippen LogP contribution is -2.21. The lowest BCUT2D eigenvalue weighted by molar-refractivity contribution is -0.118. The van der Waals surface area contributed by atoms with Crippen molar-refractivity contribution in [2.45, 2.75) is 20.0 Å². The maximum absolute atomic E-state index is 12.3. The van der Waals surface area contributed by atoms with Crippen LogP contribution in [0.4, 0.5) is 5.69 Å². The number of methoxy groups -OCH3 is 1. The van der Waals surface area contributed by atoms with Crippen molar-refractivity contribution in [1.82, 2.24) is 5.32 Å². The van der Waals surface area contributed by atoms with Gasteiger partial charge < -0.3 is 20.1 Å². The van der Waals surface area contributed by atoms with Gasteiger partial charge in [-0.2, -0.15) is 0 Å². The molecule has 7 heteroatoms. The number of carbonyl (C=O) groups excluding carboxylic acids is 1. The molecule has 2 N–H and O–H groups in total. The quantitative estimate of drug-likeness (QED) is 0.403. The Morgan fingerprint density at radius 1 is 0.968 bits per heavy atom. The number of hydrogen-bond donors (Lipinski definition) is 2. The number of halogens is 2. The van der Waals surface area contributed by atoms with Gasteiger partial charge in [-0.1, -0.05) is 48.5 Å². The molecule has 0 saturated carbocycles. The second-order valence-corrected chi connectivity index (χ2v) is 7.70. The van der Waals surface area contributed by atoms with Gasteiger partial charge in [0.25, 0.3) is 5.91 Å². The molecule has 0 aliphatic heterocycles. The molecule has 164 valence electrons. The molecule has 0 aliphatic rings. The van der Waals surface area contributed by atoms with Crippen molar-refractivity contribution < 1.29 is 14.3 Å². The van der Waals surface area contributed by atoms with Crippen LogP contribution in [0, 0.1) is 6.92 Å². The summed E-state index contributed by atoms with van der Waals surface area (Å²) in [6.07, 6.45) is 0. The first-order valence-electron chi connectivity index (χ1n) is 9.66. The van der Waals surface area contributed by atoms with Crippen LogP contribution >= 0.6 is 28.3 Å². The van der Waals surface area contributed by atoms with E-state index in [4.69, 9.17) is 9.47 Å². The number of aryl methyl sites for hydroxylation is 1. The highest BCUT2D eigenvalue weighted by Gasteiger charge is 2.14. The Hall–Kier alpha value is -2.54. The Morgan fingerprint density at radius 3 is 2.35 bits per heavy atom. The molecule has 1 amide bonds. The van der Waals surface area contributed by atoms with Gasteiger partial charge in [-0.25, -0.2) is 0 Å². The second-order valence-electron chi connectivity index (χ2n) is 6.85. The maximum atomic E-state index is 12.3. The van der Waals surface area contributed by atoms with Crippen LogP contribution < -0.4 is 20.1 Å². The Morgan fingerprint density at radius 2 is 1.65 bits per heavy atom. The van der Waals surface area contributed by atoms with Gasteiger partial charge in [0, 0.05) is 18.8 Å². The van der Waals surface area contributed by atoms with Crippen LogP contribution in [-0.4, -0.2) is 19.6 Å². The summed E-state index contributed by atoms with van der Waals surface area (Å²) in [6.45, 7) is 3.28. The molecule has 0 radical (unpaired) electrons. The van der Waals surface area contributed by atoms with Crippen LogP contribution in [0.2, 0.25) is 0 Å². The highest BCUT2D eigenvalue weighted by Crippen LogP contribution is 2.36. The molecule has 0 bridgehead atoms. The predicted molar refractivity (Wildman–Crippen MR) is 130 cm³/mol. The van der Waals surface area contributed by atoms with Gasteiger partial charge in [0.2, 0.25) is 0 Å². The fourth-order valence-electron chi connectivity index (χ4n) is 3.00. The molecule has 0 fully saturated rings. The summed E-state index contributed by atoms with van der Waals surface area (Å²) in [5.41, 5.74) is 4.04. The van der Waals surface area contributed by atoms with Crippen molar-refractivity contribution in [2.24, 2.45) is 0 Å². The van der Waals surface area contributed by atoms with Crippen molar-refractivity contribution in [3.63, 3.8) is 0 Å². The molecule has 3 aromatic carbocycles. The first-order chi connectivity index (χ1) is 14.6. The van der Waals surface area contributed by atoms with Crippen LogP contribution in [0.5, 0.6) is 11.5 Å². The Balaban J connectivity index is 0.00000341. The van der Waals surface area contributed by atoms with E-state index in [9.17, 15) is 4.79 Å². The average molecular weight is 506 g/mol. The topological polar surface area (TPSA) is 59.6 Å². The number of nitrogens with one attached hydrogen (secondary N) is 2. The average Bonchev–Trinajstić information content (AvgIpc) is 2.75. The van der Waals surface area contributed by atoms with Crippen molar-refractivity contribution in [3.05, 3.63) is 87.9 Å². The van der Waals surface area contributed by atoms with E-state index in [1.54, 1.807) is 7.11 Å². The fraction of sp³-hybridized carbons (Fsp3) is 0.208. The summed E-state index contributed by atoms with van der Waals surface area (Å²) in [4.78, 5) is 12.3. The minimum Gasteiger partial charge on any atom is -0.493 e. The zero-order valence-electron chi connectivity index (χ0n) is 17.5. The highest BCUT2D eigenvalue weighted by molar-refractivity contribution is 9.10. The number of benzene rings is 3. The summed E-state index contributed by atoms with van der Waals surface area (Å²) >= 11 is 3.54. The number of para-hydroxylation sites is 1. The zero-order chi connectivity index (χ0) is 21.3. The number of anilines is 1. The Bertz CT molecular complexity index is 999. The number of carbonyl (C=O) groups is 1. The van der Waals surface area contributed by atoms with Crippen LogP contribution in [0.25, 0.3) is 0 Å². The first-order valence-corrected chi connectivity index (χ1v) is 10.5. The summed E-state index contributed by atoms with van der Waals surface area (Å²) in [5.74, 6) is 0.848. The third-order valence-electron chi connectivity index (χ3n) is 4.56. The molecule has 0 saturated heterocycles. The molecule has 3 aromatic rings. The van der Waals surface area contributed by atoms with Gasteiger partial charge in [0.15, 0.2) is 18.1 Å². The molecule has 0 aromatic heterocycles. The molecular weight excluding hydrogens is 480 g/mol. The minimum atomic E-state index is -0.230. The summed E-state index contributed by atoms with van der Waals surface area (Å²) in [7, 11) is 1.59. The second kappa shape index (κ2) is 12.3. The maximum Gasteiger partial charge on any atom is 0.262 e. The summed E-state index contributed by atoms with van der Waals surface area (Å²) in [5, 5.41) is 6.28. The number of amides is 1. The lowest BCUT2D eigenvalue weighted by atomic mass is 10.2. The van der Waals surface area contributed by atoms with Gasteiger partial charge in [0.05, 0.1) is 11.6 Å². The number of hydrogen-bond acceptors (Lipinski definition) is 4. The molecule has 0 heterocycles. The third-order valence-corrected chi connectivity index (χ3v) is 5.15. The van der Waals surface area contributed by atoms with Crippen molar-refractivity contribution in [2.75, 3.05) is 19.0 Å². The predicted octanol–water partition coefficient (Wildman–Crippen LogP) is 5.50. The molecule has 0 unspecified atom stereocenters. The molecule has 5 nitrogen and oxygen atoms in total. The molecule has 31 heavy (non-hydrogen) atoms. The number of rotatable bonds is 9. The van der Waals surface area contributed by atoms with Gasteiger partial charge in [0.1, 0.15) is 0 Å². The van der Waals surface area contributed by atoms with Crippen molar-refractivity contribution in [3.8, 4) is 11.5 Å². The number of ether oxygens (including phenoxy) is 2. The Labute approximate surface area is 197 Å². The van der Waals surface area contributed by atoms with Crippen molar-refractivity contribution in [1.29, 1.82) is 0 Å². The first kappa shape index (κ1) is 24.7. The lowest BCUT2D eigenvalue weighted by Gasteiger charge is -2.15. The largest absolute Gasteiger partial charge is 0.493 e. The van der Waals surface area contributed by atoms with Crippen LogP contribution in [-0.2, 0) is 17.9 Å². The van der Waals surface area contributed by atoms with Crippen LogP contribution in [0.1, 0.15) is 16.7 Å². The van der Waals surface area contributed by atoms with E-state index in [1.807, 2.05) is 61.5 Å². The van der Waals surface area contributed by atoms with E-state index >= 15 is 0 Å². The van der Waals surface area contributed by atoms with E-state index in [1.165, 1.54) is 5.56 Å². The smallest absolute Gasteiger partial charge is 0.262 e. The molecule has 0 spiro atoms. The van der Waals surface area contributed by atoms with Crippen LogP contribution in [0.15, 0.2) is 71.2 Å². The van der Waals surface area contributed by atoms with E-state index in [2.05, 4.69) is 38.7 Å². The zero-order valence-corrected chi connectivity index (χ0v) is 19.9. The summed E-state index contributed by atoms with van der Waals surface area (Å²) < 4.78 is 12.0. The van der Waals surface area contributed by atoms with E-state index < -0.39 is 0 Å². The third kappa shape index (κ3) is 7.28. The van der Waals surface area contributed by atoms with Gasteiger partial charge in [-0.05, 0) is 57.7 Å². The van der Waals surface area contributed by atoms with Crippen LogP contribution in [0.3, 0.4) is 0 Å². The normalized spacial score (nSPS) is 10.2. The molecule has 0 aliphatic carbocycles. The minimum absolute atomic E-state index is 0. The van der Waals surface area contributed by atoms with Gasteiger partial charge in [-0.3, -0.25) is 4.79 Å². The molecule has 3 rings (SSSR count). The highest BCUT2D eigenvalue weighted by atomic mass is 79.9. The van der Waals surface area contributed by atoms with E-state index in [0.717, 1.165) is 27.8 Å². The molecular formula is C24H26BrClN2O3. The SMILES string of the molecule is COc1cc(CNCc2ccccc2)cc(Br)c1OCC(=O)Nc1ccccc1C.Cl. The summed E-state index contributed by atoms with van der Waals surface area (Å²) in [6, 6.07) is 21.7. The van der Waals surface area contributed by atoms with E-state index in [-0.39, 0.29) is 24.9 Å². The standard InChI is InChI=1S/C24H25BrN2O3.ClH/c1-17-8-6-7-11-21(17)27-23(28)16-30-24-20(25)12-19(13-22(24)29-2)15-26-14-18-9-4-3-5-10-18;/h3-13,26H,14-16H2,1-2H3,(H,27,28);1H. The Kier molecular flexibility index (Phi) is 9.85. The van der Waals surface area contributed by atoms with E-state index in [0.29, 0.717) is 18.0 Å².